The summed E-state index contributed by atoms with van der Waals surface area (Å²) in [6.07, 6.45) is 1.93. The topological polar surface area (TPSA) is 49.8 Å². The third-order valence-electron chi connectivity index (χ3n) is 2.75. The molecule has 0 saturated carbocycles. The van der Waals surface area contributed by atoms with Crippen molar-refractivity contribution in [3.63, 3.8) is 0 Å². The van der Waals surface area contributed by atoms with Gasteiger partial charge < -0.3 is 10.6 Å². The third-order valence-corrected chi connectivity index (χ3v) is 2.75. The van der Waals surface area contributed by atoms with Gasteiger partial charge in [-0.2, -0.15) is 0 Å². The highest BCUT2D eigenvalue weighted by atomic mass is 15.2. The summed E-state index contributed by atoms with van der Waals surface area (Å²) in [7, 11) is 0. The van der Waals surface area contributed by atoms with E-state index >= 15 is 0 Å². The zero-order valence-electron chi connectivity index (χ0n) is 9.54. The molecular weight excluding hydrogens is 200 g/mol. The molecule has 1 fully saturated rings. The summed E-state index contributed by atoms with van der Waals surface area (Å²) in [6.45, 7) is 8.38. The lowest BCUT2D eigenvalue weighted by Gasteiger charge is -2.28. The Balaban J connectivity index is 0.00000128. The van der Waals surface area contributed by atoms with Gasteiger partial charge in [-0.1, -0.05) is 21.3 Å². The van der Waals surface area contributed by atoms with E-state index in [1.807, 2.05) is 13.1 Å². The van der Waals surface area contributed by atoms with Gasteiger partial charge in [-0.25, -0.2) is 9.97 Å². The van der Waals surface area contributed by atoms with E-state index in [2.05, 4.69) is 34.4 Å². The average Bonchev–Trinajstić information content (AvgIpc) is 2.11. The predicted molar refractivity (Wildman–Crippen MR) is 67.9 cm³/mol. The van der Waals surface area contributed by atoms with Crippen LogP contribution < -0.4 is 10.6 Å². The van der Waals surface area contributed by atoms with Crippen LogP contribution in [0.3, 0.4) is 0 Å². The zero-order valence-corrected chi connectivity index (χ0v) is 9.54. The second-order valence-electron chi connectivity index (χ2n) is 4.39. The first-order valence-corrected chi connectivity index (χ1v) is 5.47. The van der Waals surface area contributed by atoms with Crippen molar-refractivity contribution in [1.82, 2.24) is 15.3 Å². The molecule has 2 rings (SSSR count). The number of nitrogens with one attached hydrogen (secondary N) is 2. The van der Waals surface area contributed by atoms with Gasteiger partial charge in [0.25, 0.3) is 0 Å². The van der Waals surface area contributed by atoms with Gasteiger partial charge in [0.2, 0.25) is 5.95 Å². The molecule has 4 nitrogen and oxygen atoms in total. The summed E-state index contributed by atoms with van der Waals surface area (Å²) < 4.78 is 0. The van der Waals surface area contributed by atoms with E-state index in [0.29, 0.717) is 12.0 Å². The lowest BCUT2D eigenvalue weighted by molar-refractivity contribution is 0.469. The Labute approximate surface area is 97.9 Å². The van der Waals surface area contributed by atoms with E-state index < -0.39 is 0 Å². The number of aryl methyl sites for hydroxylation is 1. The van der Waals surface area contributed by atoms with Crippen LogP contribution in [0.5, 0.6) is 0 Å². The zero-order chi connectivity index (χ0) is 10.8. The Morgan fingerprint density at radius 3 is 2.56 bits per heavy atom. The molecule has 1 aliphatic rings. The van der Waals surface area contributed by atoms with Crippen LogP contribution in [0.15, 0.2) is 6.20 Å². The van der Waals surface area contributed by atoms with Gasteiger partial charge in [0.05, 0.1) is 6.04 Å². The Morgan fingerprint density at radius 2 is 2.12 bits per heavy atom. The van der Waals surface area contributed by atoms with Crippen molar-refractivity contribution in [3.05, 3.63) is 17.5 Å². The third kappa shape index (κ3) is 2.70. The SMILES string of the molecule is C.Cc1nc(NC2CNC2)ncc1C(C)C. The van der Waals surface area contributed by atoms with Gasteiger partial charge in [0.15, 0.2) is 0 Å². The molecule has 2 N–H and O–H groups in total. The van der Waals surface area contributed by atoms with Gasteiger partial charge >= 0.3 is 0 Å². The molecule has 90 valence electrons. The Morgan fingerprint density at radius 1 is 1.44 bits per heavy atom. The molecule has 1 aromatic rings. The van der Waals surface area contributed by atoms with Crippen LogP contribution in [0, 0.1) is 6.92 Å². The quantitative estimate of drug-likeness (QED) is 0.820. The predicted octanol–water partition coefficient (Wildman–Crippen LogP) is 1.93. The lowest BCUT2D eigenvalue weighted by Crippen LogP contribution is -2.51. The summed E-state index contributed by atoms with van der Waals surface area (Å²) in [5.41, 5.74) is 2.31. The summed E-state index contributed by atoms with van der Waals surface area (Å²) >= 11 is 0. The van der Waals surface area contributed by atoms with Crippen LogP contribution >= 0.6 is 0 Å². The molecular formula is C12H22N4. The second-order valence-corrected chi connectivity index (χ2v) is 4.39. The molecule has 1 aromatic heterocycles. The second kappa shape index (κ2) is 5.25. The molecule has 0 bridgehead atoms. The number of anilines is 1. The lowest BCUT2D eigenvalue weighted by atomic mass is 10.0. The van der Waals surface area contributed by atoms with Crippen LogP contribution in [0.25, 0.3) is 0 Å². The molecule has 1 saturated heterocycles. The van der Waals surface area contributed by atoms with Crippen LogP contribution in [-0.2, 0) is 0 Å². The highest BCUT2D eigenvalue weighted by Gasteiger charge is 2.17. The number of nitrogens with zero attached hydrogens (tertiary/aromatic N) is 2. The van der Waals surface area contributed by atoms with E-state index in [4.69, 9.17) is 0 Å². The highest BCUT2D eigenvalue weighted by Crippen LogP contribution is 2.17. The fourth-order valence-corrected chi connectivity index (χ4v) is 1.69. The first-order valence-electron chi connectivity index (χ1n) is 5.47. The normalized spacial score (nSPS) is 15.5. The van der Waals surface area contributed by atoms with Crippen molar-refractivity contribution in [2.45, 2.75) is 40.2 Å². The van der Waals surface area contributed by atoms with Crippen molar-refractivity contribution < 1.29 is 0 Å². The van der Waals surface area contributed by atoms with Crippen molar-refractivity contribution >= 4 is 5.95 Å². The highest BCUT2D eigenvalue weighted by molar-refractivity contribution is 5.32. The molecule has 0 unspecified atom stereocenters. The van der Waals surface area contributed by atoms with Gasteiger partial charge in [-0.3, -0.25) is 0 Å². The standard InChI is InChI=1S/C11H18N4.CH4/c1-7(2)10-6-13-11(14-8(10)3)15-9-4-12-5-9;/h6-7,9,12H,4-5H2,1-3H3,(H,13,14,15);1H4. The molecule has 0 amide bonds. The minimum Gasteiger partial charge on any atom is -0.349 e. The fraction of sp³-hybridized carbons (Fsp3) is 0.667. The molecule has 0 aromatic carbocycles. The van der Waals surface area contributed by atoms with Crippen molar-refractivity contribution in [1.29, 1.82) is 0 Å². The number of aromatic nitrogens is 2. The summed E-state index contributed by atoms with van der Waals surface area (Å²) in [5.74, 6) is 1.24. The minimum absolute atomic E-state index is 0. The van der Waals surface area contributed by atoms with Crippen molar-refractivity contribution in [2.24, 2.45) is 0 Å². The first-order chi connectivity index (χ1) is 7.16. The van der Waals surface area contributed by atoms with Crippen molar-refractivity contribution in [2.75, 3.05) is 18.4 Å². The largest absolute Gasteiger partial charge is 0.349 e. The smallest absolute Gasteiger partial charge is 0.223 e. The van der Waals surface area contributed by atoms with E-state index in [0.717, 1.165) is 24.7 Å². The number of hydrogen-bond acceptors (Lipinski definition) is 4. The molecule has 0 spiro atoms. The van der Waals surface area contributed by atoms with E-state index in [1.54, 1.807) is 0 Å². The van der Waals surface area contributed by atoms with E-state index in [-0.39, 0.29) is 7.43 Å². The Kier molecular flexibility index (Phi) is 4.24. The van der Waals surface area contributed by atoms with Crippen LogP contribution in [0.2, 0.25) is 0 Å². The Hall–Kier alpha value is -1.16. The molecule has 1 aliphatic heterocycles. The molecule has 16 heavy (non-hydrogen) atoms. The van der Waals surface area contributed by atoms with Gasteiger partial charge in [0.1, 0.15) is 0 Å². The fourth-order valence-electron chi connectivity index (χ4n) is 1.69. The molecule has 0 radical (unpaired) electrons. The molecule has 0 atom stereocenters. The maximum atomic E-state index is 4.47. The summed E-state index contributed by atoms with van der Waals surface area (Å²) in [5, 5.41) is 6.51. The van der Waals surface area contributed by atoms with Crippen molar-refractivity contribution in [3.8, 4) is 0 Å². The summed E-state index contributed by atoms with van der Waals surface area (Å²) in [4.78, 5) is 8.80. The molecule has 2 heterocycles. The van der Waals surface area contributed by atoms with E-state index in [9.17, 15) is 0 Å². The van der Waals surface area contributed by atoms with Gasteiger partial charge in [-0.15, -0.1) is 0 Å². The average molecular weight is 222 g/mol. The monoisotopic (exact) mass is 222 g/mol. The van der Waals surface area contributed by atoms with Crippen LogP contribution in [-0.4, -0.2) is 29.1 Å². The maximum Gasteiger partial charge on any atom is 0.223 e. The first kappa shape index (κ1) is 12.9. The molecule has 4 heteroatoms. The number of hydrogen-bond donors (Lipinski definition) is 2. The maximum absolute atomic E-state index is 4.47. The van der Waals surface area contributed by atoms with E-state index in [1.165, 1.54) is 5.56 Å². The number of rotatable bonds is 3. The van der Waals surface area contributed by atoms with Crippen LogP contribution in [0.4, 0.5) is 5.95 Å². The Bertz CT molecular complexity index is 345. The minimum atomic E-state index is 0. The van der Waals surface area contributed by atoms with Gasteiger partial charge in [0, 0.05) is 25.0 Å². The van der Waals surface area contributed by atoms with Crippen LogP contribution in [0.1, 0.15) is 38.4 Å². The molecule has 0 aliphatic carbocycles. The summed E-state index contributed by atoms with van der Waals surface area (Å²) in [6, 6.07) is 0.495. The van der Waals surface area contributed by atoms with Gasteiger partial charge in [-0.05, 0) is 18.4 Å².